The van der Waals surface area contributed by atoms with Crippen LogP contribution in [0.4, 0.5) is 21.8 Å². The summed E-state index contributed by atoms with van der Waals surface area (Å²) in [4.78, 5) is 11.7. The lowest BCUT2D eigenvalue weighted by Gasteiger charge is -2.31. The fourth-order valence-electron chi connectivity index (χ4n) is 3.68. The number of hydrogen-bond acceptors (Lipinski definition) is 5. The Balaban J connectivity index is 1.59. The molecule has 0 aliphatic carbocycles. The van der Waals surface area contributed by atoms with Gasteiger partial charge in [0.25, 0.3) is 0 Å². The van der Waals surface area contributed by atoms with Gasteiger partial charge in [0.15, 0.2) is 0 Å². The number of fused-ring (bicyclic) bond motifs is 1. The van der Waals surface area contributed by atoms with Gasteiger partial charge in [-0.2, -0.15) is 4.98 Å². The van der Waals surface area contributed by atoms with E-state index in [1.807, 2.05) is 6.92 Å². The molecular formula is C23H25FN4O. The van der Waals surface area contributed by atoms with Crippen molar-refractivity contribution in [3.63, 3.8) is 0 Å². The molecule has 2 aromatic carbocycles. The van der Waals surface area contributed by atoms with E-state index in [1.165, 1.54) is 28.8 Å². The molecule has 3 aromatic rings. The number of aryl methyl sites for hydroxylation is 1. The van der Waals surface area contributed by atoms with Crippen LogP contribution in [0, 0.1) is 19.7 Å². The summed E-state index contributed by atoms with van der Waals surface area (Å²) in [5.74, 6) is 1.20. The topological polar surface area (TPSA) is 50.3 Å². The zero-order valence-electron chi connectivity index (χ0n) is 17.0. The van der Waals surface area contributed by atoms with E-state index in [0.717, 1.165) is 42.3 Å². The molecule has 4 rings (SSSR count). The Labute approximate surface area is 170 Å². The van der Waals surface area contributed by atoms with Crippen molar-refractivity contribution >= 4 is 17.5 Å². The van der Waals surface area contributed by atoms with E-state index < -0.39 is 0 Å². The maximum Gasteiger partial charge on any atom is 0.229 e. The van der Waals surface area contributed by atoms with Crippen molar-refractivity contribution in [2.24, 2.45) is 0 Å². The lowest BCUT2D eigenvalue weighted by atomic mass is 9.97. The van der Waals surface area contributed by atoms with Gasteiger partial charge < -0.3 is 15.0 Å². The van der Waals surface area contributed by atoms with E-state index in [0.29, 0.717) is 12.6 Å². The third kappa shape index (κ3) is 4.22. The minimum absolute atomic E-state index is 0.266. The van der Waals surface area contributed by atoms with E-state index >= 15 is 0 Å². The second kappa shape index (κ2) is 8.17. The van der Waals surface area contributed by atoms with Gasteiger partial charge in [-0.25, -0.2) is 9.37 Å². The summed E-state index contributed by atoms with van der Waals surface area (Å²) in [6.07, 6.45) is 0.968. The number of ether oxygens (including phenoxy) is 1. The molecule has 0 unspecified atom stereocenters. The third-order valence-electron chi connectivity index (χ3n) is 5.36. The first kappa shape index (κ1) is 19.3. The van der Waals surface area contributed by atoms with E-state index in [9.17, 15) is 4.39 Å². The number of halogens is 1. The average molecular weight is 392 g/mol. The maximum atomic E-state index is 13.2. The van der Waals surface area contributed by atoms with Crippen LogP contribution in [0.25, 0.3) is 0 Å². The molecule has 2 heterocycles. The molecule has 5 nitrogen and oxygen atoms in total. The summed E-state index contributed by atoms with van der Waals surface area (Å²) in [7, 11) is 1.72. The van der Waals surface area contributed by atoms with Gasteiger partial charge in [-0.05, 0) is 61.2 Å². The smallest absolute Gasteiger partial charge is 0.229 e. The van der Waals surface area contributed by atoms with E-state index in [1.54, 1.807) is 19.2 Å². The van der Waals surface area contributed by atoms with Crippen LogP contribution in [0.2, 0.25) is 0 Å². The zero-order valence-corrected chi connectivity index (χ0v) is 17.0. The van der Waals surface area contributed by atoms with Crippen LogP contribution in [0.5, 0.6) is 0 Å². The van der Waals surface area contributed by atoms with Gasteiger partial charge in [0.05, 0.1) is 6.61 Å². The summed E-state index contributed by atoms with van der Waals surface area (Å²) in [5.41, 5.74) is 6.67. The van der Waals surface area contributed by atoms with Crippen LogP contribution in [0.3, 0.4) is 0 Å². The molecule has 0 saturated heterocycles. The second-order valence-corrected chi connectivity index (χ2v) is 7.42. The number of aromatic nitrogens is 2. The summed E-state index contributed by atoms with van der Waals surface area (Å²) in [5, 5.41) is 3.19. The number of hydrogen-bond donors (Lipinski definition) is 1. The van der Waals surface area contributed by atoms with E-state index in [2.05, 4.69) is 40.3 Å². The molecule has 1 aliphatic rings. The van der Waals surface area contributed by atoms with Gasteiger partial charge in [0, 0.05) is 37.1 Å². The number of rotatable bonds is 5. The molecule has 1 aliphatic heterocycles. The molecule has 0 radical (unpaired) electrons. The molecule has 0 amide bonds. The number of anilines is 3. The molecule has 1 N–H and O–H groups in total. The van der Waals surface area contributed by atoms with E-state index in [4.69, 9.17) is 9.72 Å². The van der Waals surface area contributed by atoms with E-state index in [-0.39, 0.29) is 5.82 Å². The fraction of sp³-hybridized carbons (Fsp3) is 0.304. The average Bonchev–Trinajstić information content (AvgIpc) is 2.72. The zero-order chi connectivity index (χ0) is 20.4. The number of nitrogens with one attached hydrogen (secondary N) is 1. The molecule has 29 heavy (non-hydrogen) atoms. The standard InChI is InChI=1S/C23H25FN4O/c1-15-16(2)25-23(26-21-8-6-20(24)7-9-21)27-22(15)28-11-10-18-12-17(14-29-3)4-5-19(18)13-28/h4-9,12H,10-11,13-14H2,1-3H3,(H,25,26,27). The molecule has 0 bridgehead atoms. The first-order valence-electron chi connectivity index (χ1n) is 9.76. The molecule has 0 atom stereocenters. The van der Waals surface area contributed by atoms with Gasteiger partial charge in [-0.15, -0.1) is 0 Å². The first-order chi connectivity index (χ1) is 14.0. The minimum atomic E-state index is -0.266. The Bertz CT molecular complexity index is 1020. The van der Waals surface area contributed by atoms with Gasteiger partial charge in [0.1, 0.15) is 11.6 Å². The number of nitrogens with zero attached hydrogens (tertiary/aromatic N) is 3. The quantitative estimate of drug-likeness (QED) is 0.683. The van der Waals surface area contributed by atoms with Crippen LogP contribution in [-0.2, 0) is 24.3 Å². The molecular weight excluding hydrogens is 367 g/mol. The van der Waals surface area contributed by atoms with Gasteiger partial charge in [0.2, 0.25) is 5.95 Å². The highest BCUT2D eigenvalue weighted by Crippen LogP contribution is 2.29. The van der Waals surface area contributed by atoms with Crippen molar-refractivity contribution in [1.82, 2.24) is 9.97 Å². The SMILES string of the molecule is COCc1ccc2c(c1)CCN(c1nc(Nc3ccc(F)cc3)nc(C)c1C)C2. The highest BCUT2D eigenvalue weighted by molar-refractivity contribution is 5.59. The first-order valence-corrected chi connectivity index (χ1v) is 9.76. The van der Waals surface area contributed by atoms with Crippen molar-refractivity contribution in [1.29, 1.82) is 0 Å². The third-order valence-corrected chi connectivity index (χ3v) is 5.36. The van der Waals surface area contributed by atoms with Crippen molar-refractivity contribution in [2.45, 2.75) is 33.4 Å². The summed E-state index contributed by atoms with van der Waals surface area (Å²) in [6.45, 7) is 6.40. The van der Waals surface area contributed by atoms with Gasteiger partial charge >= 0.3 is 0 Å². The molecule has 150 valence electrons. The molecule has 0 spiro atoms. The van der Waals surface area contributed by atoms with Gasteiger partial charge in [-0.3, -0.25) is 0 Å². The highest BCUT2D eigenvalue weighted by Gasteiger charge is 2.21. The summed E-state index contributed by atoms with van der Waals surface area (Å²) >= 11 is 0. The summed E-state index contributed by atoms with van der Waals surface area (Å²) in [6, 6.07) is 12.8. The van der Waals surface area contributed by atoms with Crippen LogP contribution in [-0.4, -0.2) is 23.6 Å². The summed E-state index contributed by atoms with van der Waals surface area (Å²) < 4.78 is 18.4. The van der Waals surface area contributed by atoms with Crippen molar-refractivity contribution in [3.05, 3.63) is 76.2 Å². The van der Waals surface area contributed by atoms with Gasteiger partial charge in [-0.1, -0.05) is 18.2 Å². The van der Waals surface area contributed by atoms with Crippen LogP contribution in [0.1, 0.15) is 27.9 Å². The Morgan fingerprint density at radius 3 is 2.62 bits per heavy atom. The molecule has 0 fully saturated rings. The van der Waals surface area contributed by atoms with Crippen LogP contribution in [0.15, 0.2) is 42.5 Å². The number of benzene rings is 2. The Morgan fingerprint density at radius 1 is 1.07 bits per heavy atom. The van der Waals surface area contributed by atoms with Crippen molar-refractivity contribution in [2.75, 3.05) is 23.9 Å². The molecule has 1 aromatic heterocycles. The lowest BCUT2D eigenvalue weighted by Crippen LogP contribution is -2.32. The van der Waals surface area contributed by atoms with Crippen molar-refractivity contribution in [3.8, 4) is 0 Å². The monoisotopic (exact) mass is 392 g/mol. The van der Waals surface area contributed by atoms with Crippen molar-refractivity contribution < 1.29 is 9.13 Å². The lowest BCUT2D eigenvalue weighted by molar-refractivity contribution is 0.185. The predicted molar refractivity (Wildman–Crippen MR) is 113 cm³/mol. The number of methoxy groups -OCH3 is 1. The van der Waals surface area contributed by atoms with Crippen LogP contribution >= 0.6 is 0 Å². The Hall–Kier alpha value is -2.99. The fourth-order valence-corrected chi connectivity index (χ4v) is 3.68. The maximum absolute atomic E-state index is 13.2. The predicted octanol–water partition coefficient (Wildman–Crippen LogP) is 4.69. The highest BCUT2D eigenvalue weighted by atomic mass is 19.1. The second-order valence-electron chi connectivity index (χ2n) is 7.42. The minimum Gasteiger partial charge on any atom is -0.380 e. The normalized spacial score (nSPS) is 13.3. The molecule has 0 saturated carbocycles. The largest absolute Gasteiger partial charge is 0.380 e. The van der Waals surface area contributed by atoms with Crippen LogP contribution < -0.4 is 10.2 Å². The Morgan fingerprint density at radius 2 is 1.86 bits per heavy atom. The molecule has 6 heteroatoms. The Kier molecular flexibility index (Phi) is 5.45.